The fourth-order valence-electron chi connectivity index (χ4n) is 4.04. The standard InChI is InChI=1S/C24H25N3O5S/c1-24(2)22(28)20(21-17(23(25)29)10-7-13-26-21)18-14-16(11-12-19(18)32-24)33(30,31)27(3)15-8-5-4-6-9-15/h4-14,20,22,28H,1-3H3,(H2,25,29). The molecule has 2 heterocycles. The number of anilines is 1. The molecule has 33 heavy (non-hydrogen) atoms. The third-order valence-corrected chi connectivity index (χ3v) is 7.68. The van der Waals surface area contributed by atoms with E-state index < -0.39 is 33.6 Å². The minimum atomic E-state index is -3.92. The lowest BCUT2D eigenvalue weighted by Crippen LogP contribution is -2.49. The monoisotopic (exact) mass is 467 g/mol. The predicted octanol–water partition coefficient (Wildman–Crippen LogP) is 2.67. The number of hydrogen-bond donors (Lipinski definition) is 2. The number of primary amides is 1. The molecule has 1 amide bonds. The number of carbonyl (C=O) groups is 1. The zero-order valence-corrected chi connectivity index (χ0v) is 19.3. The molecule has 8 nitrogen and oxygen atoms in total. The van der Waals surface area contributed by atoms with E-state index in [9.17, 15) is 18.3 Å². The highest BCUT2D eigenvalue weighted by atomic mass is 32.2. The van der Waals surface area contributed by atoms with Crippen molar-refractivity contribution in [3.63, 3.8) is 0 Å². The van der Waals surface area contributed by atoms with Gasteiger partial charge in [-0.25, -0.2) is 8.42 Å². The predicted molar refractivity (Wildman–Crippen MR) is 124 cm³/mol. The lowest BCUT2D eigenvalue weighted by Gasteiger charge is -2.42. The lowest BCUT2D eigenvalue weighted by molar-refractivity contribution is -0.0519. The summed E-state index contributed by atoms with van der Waals surface area (Å²) in [5, 5.41) is 11.2. The largest absolute Gasteiger partial charge is 0.485 e. The number of hydrogen-bond acceptors (Lipinski definition) is 6. The van der Waals surface area contributed by atoms with Crippen LogP contribution >= 0.6 is 0 Å². The molecule has 1 aromatic heterocycles. The summed E-state index contributed by atoms with van der Waals surface area (Å²) in [4.78, 5) is 16.4. The van der Waals surface area contributed by atoms with Crippen molar-refractivity contribution in [2.75, 3.05) is 11.4 Å². The van der Waals surface area contributed by atoms with Gasteiger partial charge in [-0.15, -0.1) is 0 Å². The van der Waals surface area contributed by atoms with Gasteiger partial charge in [0.25, 0.3) is 15.9 Å². The van der Waals surface area contributed by atoms with E-state index in [4.69, 9.17) is 10.5 Å². The number of rotatable bonds is 5. The van der Waals surface area contributed by atoms with Crippen molar-refractivity contribution in [2.45, 2.75) is 36.4 Å². The molecule has 2 atom stereocenters. The molecule has 0 saturated carbocycles. The molecule has 172 valence electrons. The van der Waals surface area contributed by atoms with Crippen LogP contribution in [0.25, 0.3) is 0 Å². The Morgan fingerprint density at radius 2 is 1.82 bits per heavy atom. The van der Waals surface area contributed by atoms with E-state index in [0.717, 1.165) is 0 Å². The average Bonchev–Trinajstić information content (AvgIpc) is 2.79. The number of pyridine rings is 1. The number of nitrogens with zero attached hydrogens (tertiary/aromatic N) is 2. The fraction of sp³-hybridized carbons (Fsp3) is 0.250. The zero-order valence-electron chi connectivity index (χ0n) is 18.5. The Bertz CT molecular complexity index is 1310. The molecular formula is C24H25N3O5S. The third-order valence-electron chi connectivity index (χ3n) is 5.89. The number of amides is 1. The van der Waals surface area contributed by atoms with Gasteiger partial charge in [0.05, 0.1) is 27.8 Å². The first kappa shape index (κ1) is 22.8. The molecule has 0 bridgehead atoms. The minimum Gasteiger partial charge on any atom is -0.485 e. The number of para-hydroxylation sites is 1. The number of aliphatic hydroxyl groups is 1. The average molecular weight is 468 g/mol. The Hall–Kier alpha value is -3.43. The summed E-state index contributed by atoms with van der Waals surface area (Å²) in [5.74, 6) is -1.12. The number of benzene rings is 2. The van der Waals surface area contributed by atoms with Crippen molar-refractivity contribution >= 4 is 21.6 Å². The van der Waals surface area contributed by atoms with Crippen LogP contribution in [0.4, 0.5) is 5.69 Å². The first-order valence-electron chi connectivity index (χ1n) is 10.3. The van der Waals surface area contributed by atoms with Crippen LogP contribution in [0.1, 0.15) is 41.4 Å². The highest BCUT2D eigenvalue weighted by molar-refractivity contribution is 7.92. The number of aliphatic hydroxyl groups excluding tert-OH is 1. The number of aromatic nitrogens is 1. The maximum Gasteiger partial charge on any atom is 0.264 e. The van der Waals surface area contributed by atoms with Gasteiger partial charge in [-0.3, -0.25) is 14.1 Å². The second-order valence-electron chi connectivity index (χ2n) is 8.44. The molecule has 3 aromatic rings. The van der Waals surface area contributed by atoms with E-state index in [-0.39, 0.29) is 16.2 Å². The first-order chi connectivity index (χ1) is 15.5. The molecule has 2 unspecified atom stereocenters. The number of ether oxygens (including phenoxy) is 1. The molecule has 1 aliphatic heterocycles. The molecular weight excluding hydrogens is 442 g/mol. The highest BCUT2D eigenvalue weighted by Gasteiger charge is 2.45. The first-order valence-corrected chi connectivity index (χ1v) is 11.8. The Morgan fingerprint density at radius 1 is 1.12 bits per heavy atom. The second-order valence-corrected chi connectivity index (χ2v) is 10.4. The van der Waals surface area contributed by atoms with E-state index in [2.05, 4.69) is 4.98 Å². The van der Waals surface area contributed by atoms with Gasteiger partial charge in [-0.2, -0.15) is 0 Å². The van der Waals surface area contributed by atoms with Crippen molar-refractivity contribution in [3.8, 4) is 5.75 Å². The van der Waals surface area contributed by atoms with Gasteiger partial charge in [-0.05, 0) is 56.3 Å². The van der Waals surface area contributed by atoms with E-state index in [0.29, 0.717) is 17.0 Å². The summed E-state index contributed by atoms with van der Waals surface area (Å²) in [7, 11) is -2.45. The number of fused-ring (bicyclic) bond motifs is 1. The maximum absolute atomic E-state index is 13.4. The van der Waals surface area contributed by atoms with Crippen LogP contribution in [0.5, 0.6) is 5.75 Å². The normalized spacial score (nSPS) is 19.3. The fourth-order valence-corrected chi connectivity index (χ4v) is 5.27. The molecule has 0 fully saturated rings. The summed E-state index contributed by atoms with van der Waals surface area (Å²) in [5.41, 5.74) is 5.87. The van der Waals surface area contributed by atoms with Gasteiger partial charge >= 0.3 is 0 Å². The van der Waals surface area contributed by atoms with E-state index in [1.807, 2.05) is 0 Å². The molecule has 0 saturated heterocycles. The van der Waals surface area contributed by atoms with Crippen molar-refractivity contribution in [2.24, 2.45) is 5.73 Å². The second kappa shape index (κ2) is 8.17. The van der Waals surface area contributed by atoms with Crippen LogP contribution in [0.3, 0.4) is 0 Å². The van der Waals surface area contributed by atoms with Gasteiger partial charge in [0, 0.05) is 18.8 Å². The quantitative estimate of drug-likeness (QED) is 0.595. The van der Waals surface area contributed by atoms with Gasteiger partial charge in [0.1, 0.15) is 17.5 Å². The van der Waals surface area contributed by atoms with Crippen LogP contribution in [-0.2, 0) is 10.0 Å². The zero-order chi connectivity index (χ0) is 24.0. The van der Waals surface area contributed by atoms with E-state index in [1.54, 1.807) is 56.3 Å². The summed E-state index contributed by atoms with van der Waals surface area (Å²) < 4.78 is 33.9. The molecule has 2 aromatic carbocycles. The Kier molecular flexibility index (Phi) is 5.63. The minimum absolute atomic E-state index is 0.0182. The summed E-state index contributed by atoms with van der Waals surface area (Å²) in [6, 6.07) is 16.3. The third kappa shape index (κ3) is 3.94. The van der Waals surface area contributed by atoms with Crippen LogP contribution in [-0.4, -0.2) is 43.2 Å². The summed E-state index contributed by atoms with van der Waals surface area (Å²) >= 11 is 0. The molecule has 0 radical (unpaired) electrons. The maximum atomic E-state index is 13.4. The van der Waals surface area contributed by atoms with E-state index in [1.165, 1.54) is 35.7 Å². The molecule has 4 rings (SSSR count). The van der Waals surface area contributed by atoms with Crippen molar-refractivity contribution in [1.29, 1.82) is 0 Å². The van der Waals surface area contributed by atoms with Crippen molar-refractivity contribution in [1.82, 2.24) is 4.98 Å². The number of carbonyl (C=O) groups excluding carboxylic acids is 1. The molecule has 0 aliphatic carbocycles. The molecule has 1 aliphatic rings. The van der Waals surface area contributed by atoms with Crippen LogP contribution in [0.2, 0.25) is 0 Å². The summed E-state index contributed by atoms with van der Waals surface area (Å²) in [6.07, 6.45) is 0.378. The van der Waals surface area contributed by atoms with Gasteiger partial charge in [-0.1, -0.05) is 18.2 Å². The van der Waals surface area contributed by atoms with E-state index >= 15 is 0 Å². The number of nitrogens with two attached hydrogens (primary N) is 1. The Labute approximate surface area is 192 Å². The van der Waals surface area contributed by atoms with Gasteiger partial charge in [0.15, 0.2) is 0 Å². The smallest absolute Gasteiger partial charge is 0.264 e. The molecule has 3 N–H and O–H groups in total. The Balaban J connectivity index is 1.89. The van der Waals surface area contributed by atoms with Crippen molar-refractivity contribution < 1.29 is 23.1 Å². The molecule has 9 heteroatoms. The van der Waals surface area contributed by atoms with Crippen molar-refractivity contribution in [3.05, 3.63) is 83.7 Å². The van der Waals surface area contributed by atoms with Crippen LogP contribution in [0.15, 0.2) is 71.8 Å². The number of sulfonamides is 1. The van der Waals surface area contributed by atoms with Crippen LogP contribution in [0, 0.1) is 0 Å². The highest BCUT2D eigenvalue weighted by Crippen LogP contribution is 2.45. The van der Waals surface area contributed by atoms with Crippen LogP contribution < -0.4 is 14.8 Å². The Morgan fingerprint density at radius 3 is 2.48 bits per heavy atom. The molecule has 0 spiro atoms. The lowest BCUT2D eigenvalue weighted by atomic mass is 9.78. The topological polar surface area (TPSA) is 123 Å². The van der Waals surface area contributed by atoms with Gasteiger partial charge < -0.3 is 15.6 Å². The summed E-state index contributed by atoms with van der Waals surface area (Å²) in [6.45, 7) is 3.43. The SMILES string of the molecule is CN(c1ccccc1)S(=O)(=O)c1ccc2c(c1)C(c1ncccc1C(N)=O)C(O)C(C)(C)O2. The van der Waals surface area contributed by atoms with Gasteiger partial charge in [0.2, 0.25) is 0 Å².